The number of benzene rings is 4. The third-order valence-corrected chi connectivity index (χ3v) is 5.23. The summed E-state index contributed by atoms with van der Waals surface area (Å²) in [5, 5.41) is 5.67. The van der Waals surface area contributed by atoms with Crippen LogP contribution in [0, 0.1) is 11.6 Å². The average Bonchev–Trinajstić information content (AvgIpc) is 2.83. The van der Waals surface area contributed by atoms with Crippen molar-refractivity contribution < 1.29 is 18.4 Å². The molecule has 0 fully saturated rings. The van der Waals surface area contributed by atoms with Crippen LogP contribution in [0.15, 0.2) is 97.1 Å². The predicted molar refractivity (Wildman–Crippen MR) is 129 cm³/mol. The molecule has 0 aromatic heterocycles. The first-order chi connectivity index (χ1) is 16.4. The summed E-state index contributed by atoms with van der Waals surface area (Å²) in [4.78, 5) is 24.4. The second kappa shape index (κ2) is 10.5. The van der Waals surface area contributed by atoms with Crippen LogP contribution in [0.25, 0.3) is 11.1 Å². The molecule has 34 heavy (non-hydrogen) atoms. The molecule has 0 spiro atoms. The molecule has 0 heterocycles. The van der Waals surface area contributed by atoms with Crippen LogP contribution in [0.3, 0.4) is 0 Å². The van der Waals surface area contributed by atoms with E-state index in [2.05, 4.69) is 10.6 Å². The molecule has 2 amide bonds. The minimum Gasteiger partial charge on any atom is -0.326 e. The molecule has 6 heteroatoms. The zero-order chi connectivity index (χ0) is 23.9. The molecule has 4 aromatic rings. The van der Waals surface area contributed by atoms with Crippen LogP contribution in [0.1, 0.15) is 11.1 Å². The molecule has 4 aromatic carbocycles. The summed E-state index contributed by atoms with van der Waals surface area (Å²) in [7, 11) is 0. The predicted octanol–water partition coefficient (Wildman–Crippen LogP) is 5.99. The van der Waals surface area contributed by atoms with Gasteiger partial charge in [-0.2, -0.15) is 0 Å². The van der Waals surface area contributed by atoms with Crippen LogP contribution in [-0.2, 0) is 22.4 Å². The number of nitrogens with one attached hydrogen (secondary N) is 2. The Bertz CT molecular complexity index is 1170. The molecule has 2 N–H and O–H groups in total. The number of anilines is 2. The SMILES string of the molecule is O=C(Cc1ccc(F)cc1)Nc1ccc(-c2ccc(NC(=O)Cc3ccc(F)cc3)cc2)cc1. The van der Waals surface area contributed by atoms with Gasteiger partial charge in [0.05, 0.1) is 12.8 Å². The third-order valence-electron chi connectivity index (χ3n) is 5.23. The third kappa shape index (κ3) is 6.36. The van der Waals surface area contributed by atoms with Gasteiger partial charge in [0.25, 0.3) is 0 Å². The normalized spacial score (nSPS) is 10.5. The molecule has 0 radical (unpaired) electrons. The van der Waals surface area contributed by atoms with E-state index in [1.165, 1.54) is 24.3 Å². The van der Waals surface area contributed by atoms with Crippen LogP contribution in [0.4, 0.5) is 20.2 Å². The van der Waals surface area contributed by atoms with E-state index in [9.17, 15) is 18.4 Å². The minimum atomic E-state index is -0.333. The van der Waals surface area contributed by atoms with Crippen LogP contribution in [0.2, 0.25) is 0 Å². The molecule has 0 bridgehead atoms. The summed E-state index contributed by atoms with van der Waals surface area (Å²) in [6, 6.07) is 26.5. The minimum absolute atomic E-state index is 0.163. The molecule has 0 aliphatic heterocycles. The van der Waals surface area contributed by atoms with Crippen molar-refractivity contribution in [3.8, 4) is 11.1 Å². The Kier molecular flexibility index (Phi) is 7.08. The van der Waals surface area contributed by atoms with Crippen molar-refractivity contribution in [2.75, 3.05) is 10.6 Å². The summed E-state index contributed by atoms with van der Waals surface area (Å²) in [6.07, 6.45) is 0.326. The zero-order valence-corrected chi connectivity index (χ0v) is 18.2. The quantitative estimate of drug-likeness (QED) is 0.359. The number of carbonyl (C=O) groups excluding carboxylic acids is 2. The zero-order valence-electron chi connectivity index (χ0n) is 18.2. The van der Waals surface area contributed by atoms with Crippen LogP contribution in [-0.4, -0.2) is 11.8 Å². The van der Waals surface area contributed by atoms with Gasteiger partial charge in [0, 0.05) is 11.4 Å². The second-order valence-electron chi connectivity index (χ2n) is 7.86. The van der Waals surface area contributed by atoms with E-state index in [1.54, 1.807) is 24.3 Å². The molecule has 0 atom stereocenters. The van der Waals surface area contributed by atoms with E-state index in [0.29, 0.717) is 11.4 Å². The van der Waals surface area contributed by atoms with Crippen molar-refractivity contribution in [3.05, 3.63) is 120 Å². The van der Waals surface area contributed by atoms with Gasteiger partial charge in [0.15, 0.2) is 0 Å². The lowest BCUT2D eigenvalue weighted by Crippen LogP contribution is -2.14. The molecule has 0 aliphatic carbocycles. The van der Waals surface area contributed by atoms with E-state index in [-0.39, 0.29) is 36.3 Å². The van der Waals surface area contributed by atoms with E-state index >= 15 is 0 Å². The number of carbonyl (C=O) groups is 2. The smallest absolute Gasteiger partial charge is 0.228 e. The highest BCUT2D eigenvalue weighted by atomic mass is 19.1. The highest BCUT2D eigenvalue weighted by Crippen LogP contribution is 2.23. The van der Waals surface area contributed by atoms with Gasteiger partial charge in [-0.1, -0.05) is 48.5 Å². The van der Waals surface area contributed by atoms with E-state index in [1.807, 2.05) is 48.5 Å². The Balaban J connectivity index is 1.31. The average molecular weight is 456 g/mol. The molecule has 170 valence electrons. The summed E-state index contributed by atoms with van der Waals surface area (Å²) in [5.74, 6) is -1.03. The molecule has 4 rings (SSSR count). The summed E-state index contributed by atoms with van der Waals surface area (Å²) < 4.78 is 26.0. The molecule has 0 saturated carbocycles. The number of halogens is 2. The maximum Gasteiger partial charge on any atom is 0.228 e. The summed E-state index contributed by atoms with van der Waals surface area (Å²) in [5.41, 5.74) is 4.73. The van der Waals surface area contributed by atoms with Gasteiger partial charge in [-0.15, -0.1) is 0 Å². The van der Waals surface area contributed by atoms with Gasteiger partial charge in [0.1, 0.15) is 11.6 Å². The fraction of sp³-hybridized carbons (Fsp3) is 0.0714. The summed E-state index contributed by atoms with van der Waals surface area (Å²) in [6.45, 7) is 0. The van der Waals surface area contributed by atoms with Gasteiger partial charge in [0.2, 0.25) is 11.8 Å². The number of hydrogen-bond donors (Lipinski definition) is 2. The summed E-state index contributed by atoms with van der Waals surface area (Å²) >= 11 is 0. The lowest BCUT2D eigenvalue weighted by atomic mass is 10.0. The monoisotopic (exact) mass is 456 g/mol. The van der Waals surface area contributed by atoms with Crippen LogP contribution in [0.5, 0.6) is 0 Å². The van der Waals surface area contributed by atoms with Gasteiger partial charge in [-0.25, -0.2) is 8.78 Å². The highest BCUT2D eigenvalue weighted by Gasteiger charge is 2.07. The molecular formula is C28H22F2N2O2. The maximum absolute atomic E-state index is 13.0. The van der Waals surface area contributed by atoms with Gasteiger partial charge in [-0.05, 0) is 70.8 Å². The standard InChI is InChI=1S/C28H22F2N2O2/c29-23-9-1-19(2-10-23)17-27(33)31-25-13-5-21(6-14-25)22-7-15-26(16-8-22)32-28(34)18-20-3-11-24(30)12-4-20/h1-16H,17-18H2,(H,31,33)(H,32,34). The molecule has 4 nitrogen and oxygen atoms in total. The van der Waals surface area contributed by atoms with Crippen LogP contribution >= 0.6 is 0 Å². The van der Waals surface area contributed by atoms with Gasteiger partial charge < -0.3 is 10.6 Å². The van der Waals surface area contributed by atoms with Crippen molar-refractivity contribution >= 4 is 23.2 Å². The van der Waals surface area contributed by atoms with Crippen molar-refractivity contribution in [3.63, 3.8) is 0 Å². The molecule has 0 saturated heterocycles. The highest BCUT2D eigenvalue weighted by molar-refractivity contribution is 5.93. The van der Waals surface area contributed by atoms with Crippen LogP contribution < -0.4 is 10.6 Å². The van der Waals surface area contributed by atoms with Crippen molar-refractivity contribution in [2.24, 2.45) is 0 Å². The van der Waals surface area contributed by atoms with E-state index in [4.69, 9.17) is 0 Å². The Morgan fingerprint density at radius 2 is 0.824 bits per heavy atom. The fourth-order valence-electron chi connectivity index (χ4n) is 3.48. The van der Waals surface area contributed by atoms with E-state index in [0.717, 1.165) is 22.3 Å². The van der Waals surface area contributed by atoms with Crippen molar-refractivity contribution in [2.45, 2.75) is 12.8 Å². The lowest BCUT2D eigenvalue weighted by molar-refractivity contribution is -0.116. The first-order valence-electron chi connectivity index (χ1n) is 10.7. The fourth-order valence-corrected chi connectivity index (χ4v) is 3.48. The van der Waals surface area contributed by atoms with E-state index < -0.39 is 0 Å². The Morgan fingerprint density at radius 1 is 0.500 bits per heavy atom. The Labute approximate surface area is 196 Å². The number of hydrogen-bond acceptors (Lipinski definition) is 2. The lowest BCUT2D eigenvalue weighted by Gasteiger charge is -2.09. The first kappa shape index (κ1) is 22.9. The maximum atomic E-state index is 13.0. The topological polar surface area (TPSA) is 58.2 Å². The van der Waals surface area contributed by atoms with Gasteiger partial charge in [-0.3, -0.25) is 9.59 Å². The molecular weight excluding hydrogens is 434 g/mol. The molecule has 0 unspecified atom stereocenters. The Hall–Kier alpha value is -4.32. The number of rotatable bonds is 7. The molecule has 0 aliphatic rings. The van der Waals surface area contributed by atoms with Gasteiger partial charge >= 0.3 is 0 Å². The van der Waals surface area contributed by atoms with Crippen molar-refractivity contribution in [1.29, 1.82) is 0 Å². The Morgan fingerprint density at radius 3 is 1.15 bits per heavy atom. The first-order valence-corrected chi connectivity index (χ1v) is 10.7. The number of amides is 2. The largest absolute Gasteiger partial charge is 0.326 e. The second-order valence-corrected chi connectivity index (χ2v) is 7.86. The van der Waals surface area contributed by atoms with Crippen molar-refractivity contribution in [1.82, 2.24) is 0 Å².